The van der Waals surface area contributed by atoms with Gasteiger partial charge in [-0.25, -0.2) is 9.97 Å². The number of furan rings is 1. The summed E-state index contributed by atoms with van der Waals surface area (Å²) < 4.78 is 5.53. The van der Waals surface area contributed by atoms with Crippen LogP contribution in [0.25, 0.3) is 22.2 Å². The van der Waals surface area contributed by atoms with Crippen LogP contribution in [-0.4, -0.2) is 21.7 Å². The number of aliphatic hydroxyl groups excluding tert-OH is 1. The van der Waals surface area contributed by atoms with Crippen LogP contribution in [0.4, 0.5) is 0 Å². The standard InChI is InChI=1S/C15H14N2O2/c1-10-8-13(17-15(16-10)6-7-18)12-9-19-14-5-3-2-4-11(12)14/h2-5,8-9,18H,6-7H2,1H3. The van der Waals surface area contributed by atoms with E-state index in [0.29, 0.717) is 12.2 Å². The molecule has 0 bridgehead atoms. The van der Waals surface area contributed by atoms with Crippen molar-refractivity contribution in [3.05, 3.63) is 48.1 Å². The van der Waals surface area contributed by atoms with Gasteiger partial charge in [-0.15, -0.1) is 0 Å². The summed E-state index contributed by atoms with van der Waals surface area (Å²) in [7, 11) is 0. The van der Waals surface area contributed by atoms with Crippen molar-refractivity contribution in [3.63, 3.8) is 0 Å². The van der Waals surface area contributed by atoms with Gasteiger partial charge in [0.25, 0.3) is 0 Å². The molecule has 0 spiro atoms. The topological polar surface area (TPSA) is 59.2 Å². The van der Waals surface area contributed by atoms with Gasteiger partial charge < -0.3 is 9.52 Å². The summed E-state index contributed by atoms with van der Waals surface area (Å²) in [5.74, 6) is 0.655. The van der Waals surface area contributed by atoms with Crippen molar-refractivity contribution in [2.24, 2.45) is 0 Å². The van der Waals surface area contributed by atoms with E-state index in [0.717, 1.165) is 27.9 Å². The van der Waals surface area contributed by atoms with Gasteiger partial charge >= 0.3 is 0 Å². The molecule has 3 aromatic rings. The molecule has 0 radical (unpaired) electrons. The Bertz CT molecular complexity index is 719. The molecule has 0 aliphatic rings. The second-order valence-corrected chi connectivity index (χ2v) is 4.43. The van der Waals surface area contributed by atoms with Crippen molar-refractivity contribution in [1.29, 1.82) is 0 Å². The molecule has 19 heavy (non-hydrogen) atoms. The third kappa shape index (κ3) is 2.22. The summed E-state index contributed by atoms with van der Waals surface area (Å²) in [5.41, 5.74) is 3.53. The maximum atomic E-state index is 9.01. The molecule has 0 saturated heterocycles. The number of fused-ring (bicyclic) bond motifs is 1. The minimum absolute atomic E-state index is 0.0506. The van der Waals surface area contributed by atoms with E-state index in [1.807, 2.05) is 37.3 Å². The second-order valence-electron chi connectivity index (χ2n) is 4.43. The highest BCUT2D eigenvalue weighted by atomic mass is 16.3. The van der Waals surface area contributed by atoms with Crippen LogP contribution in [0, 0.1) is 6.92 Å². The summed E-state index contributed by atoms with van der Waals surface area (Å²) in [6.45, 7) is 1.98. The van der Waals surface area contributed by atoms with E-state index in [4.69, 9.17) is 9.52 Å². The van der Waals surface area contributed by atoms with Crippen LogP contribution in [0.1, 0.15) is 11.5 Å². The van der Waals surface area contributed by atoms with E-state index in [1.165, 1.54) is 0 Å². The zero-order valence-electron chi connectivity index (χ0n) is 10.6. The van der Waals surface area contributed by atoms with Gasteiger partial charge in [-0.3, -0.25) is 0 Å². The third-order valence-corrected chi connectivity index (χ3v) is 2.99. The molecular formula is C15H14N2O2. The molecule has 1 aromatic carbocycles. The monoisotopic (exact) mass is 254 g/mol. The van der Waals surface area contributed by atoms with Crippen molar-refractivity contribution < 1.29 is 9.52 Å². The normalized spacial score (nSPS) is 11.1. The Morgan fingerprint density at radius 3 is 2.89 bits per heavy atom. The number of aromatic nitrogens is 2. The lowest BCUT2D eigenvalue weighted by molar-refractivity contribution is 0.296. The molecule has 0 amide bonds. The van der Waals surface area contributed by atoms with Crippen LogP contribution < -0.4 is 0 Å². The molecule has 0 unspecified atom stereocenters. The van der Waals surface area contributed by atoms with E-state index in [2.05, 4.69) is 9.97 Å². The van der Waals surface area contributed by atoms with Crippen LogP contribution in [0.2, 0.25) is 0 Å². The molecule has 2 heterocycles. The van der Waals surface area contributed by atoms with Crippen molar-refractivity contribution in [2.75, 3.05) is 6.61 Å². The predicted molar refractivity (Wildman–Crippen MR) is 72.8 cm³/mol. The van der Waals surface area contributed by atoms with Gasteiger partial charge in [0.1, 0.15) is 17.7 Å². The molecule has 3 rings (SSSR count). The minimum Gasteiger partial charge on any atom is -0.464 e. The number of hydrogen-bond acceptors (Lipinski definition) is 4. The van der Waals surface area contributed by atoms with Crippen molar-refractivity contribution in [3.8, 4) is 11.3 Å². The first-order valence-electron chi connectivity index (χ1n) is 6.20. The fourth-order valence-electron chi connectivity index (χ4n) is 2.16. The second kappa shape index (κ2) is 4.82. The van der Waals surface area contributed by atoms with E-state index >= 15 is 0 Å². The number of para-hydroxylation sites is 1. The van der Waals surface area contributed by atoms with Crippen LogP contribution >= 0.6 is 0 Å². The maximum absolute atomic E-state index is 9.01. The Morgan fingerprint density at radius 2 is 2.05 bits per heavy atom. The Hall–Kier alpha value is -2.20. The highest BCUT2D eigenvalue weighted by Gasteiger charge is 2.10. The Balaban J connectivity index is 2.15. The van der Waals surface area contributed by atoms with Crippen LogP contribution in [-0.2, 0) is 6.42 Å². The zero-order chi connectivity index (χ0) is 13.2. The SMILES string of the molecule is Cc1cc(-c2coc3ccccc23)nc(CCO)n1. The van der Waals surface area contributed by atoms with Gasteiger partial charge in [0.2, 0.25) is 0 Å². The number of nitrogens with zero attached hydrogens (tertiary/aromatic N) is 2. The van der Waals surface area contributed by atoms with Crippen molar-refractivity contribution >= 4 is 11.0 Å². The lowest BCUT2D eigenvalue weighted by atomic mass is 10.1. The molecule has 96 valence electrons. The lowest BCUT2D eigenvalue weighted by Crippen LogP contribution is -2.01. The van der Waals surface area contributed by atoms with Gasteiger partial charge in [0, 0.05) is 23.1 Å². The highest BCUT2D eigenvalue weighted by molar-refractivity contribution is 5.92. The van der Waals surface area contributed by atoms with Gasteiger partial charge in [-0.1, -0.05) is 18.2 Å². The summed E-state index contributed by atoms with van der Waals surface area (Å²) in [6, 6.07) is 9.79. The minimum atomic E-state index is 0.0506. The molecule has 1 N–H and O–H groups in total. The van der Waals surface area contributed by atoms with Crippen LogP contribution in [0.3, 0.4) is 0 Å². The fourth-order valence-corrected chi connectivity index (χ4v) is 2.16. The molecule has 2 aromatic heterocycles. The van der Waals surface area contributed by atoms with Gasteiger partial charge in [-0.2, -0.15) is 0 Å². The molecular weight excluding hydrogens is 240 g/mol. The van der Waals surface area contributed by atoms with Crippen molar-refractivity contribution in [2.45, 2.75) is 13.3 Å². The number of rotatable bonds is 3. The fraction of sp³-hybridized carbons (Fsp3) is 0.200. The third-order valence-electron chi connectivity index (χ3n) is 2.99. The van der Waals surface area contributed by atoms with E-state index < -0.39 is 0 Å². The van der Waals surface area contributed by atoms with Gasteiger partial charge in [0.15, 0.2) is 0 Å². The summed E-state index contributed by atoms with van der Waals surface area (Å²) >= 11 is 0. The summed E-state index contributed by atoms with van der Waals surface area (Å²) in [6.07, 6.45) is 2.18. The molecule has 0 aliphatic heterocycles. The van der Waals surface area contributed by atoms with Crippen LogP contribution in [0.15, 0.2) is 41.0 Å². The summed E-state index contributed by atoms with van der Waals surface area (Å²) in [5, 5.41) is 10.0. The van der Waals surface area contributed by atoms with E-state index in [1.54, 1.807) is 6.26 Å². The van der Waals surface area contributed by atoms with Gasteiger partial charge in [-0.05, 0) is 19.1 Å². The first kappa shape index (κ1) is 11.9. The Kier molecular flexibility index (Phi) is 3.01. The predicted octanol–water partition coefficient (Wildman–Crippen LogP) is 2.73. The number of aryl methyl sites for hydroxylation is 1. The number of benzene rings is 1. The molecule has 0 saturated carbocycles. The quantitative estimate of drug-likeness (QED) is 0.780. The Labute approximate surface area is 110 Å². The lowest BCUT2D eigenvalue weighted by Gasteiger charge is -2.03. The zero-order valence-corrected chi connectivity index (χ0v) is 10.6. The first-order chi connectivity index (χ1) is 9.28. The van der Waals surface area contributed by atoms with Crippen molar-refractivity contribution in [1.82, 2.24) is 9.97 Å². The maximum Gasteiger partial charge on any atom is 0.134 e. The van der Waals surface area contributed by atoms with E-state index in [-0.39, 0.29) is 6.61 Å². The summed E-state index contributed by atoms with van der Waals surface area (Å²) in [4.78, 5) is 8.80. The largest absolute Gasteiger partial charge is 0.464 e. The van der Waals surface area contributed by atoms with Crippen LogP contribution in [0.5, 0.6) is 0 Å². The molecule has 0 fully saturated rings. The van der Waals surface area contributed by atoms with E-state index in [9.17, 15) is 0 Å². The number of aliphatic hydroxyl groups is 1. The Morgan fingerprint density at radius 1 is 1.21 bits per heavy atom. The highest BCUT2D eigenvalue weighted by Crippen LogP contribution is 2.29. The van der Waals surface area contributed by atoms with Gasteiger partial charge in [0.05, 0.1) is 12.3 Å². The smallest absolute Gasteiger partial charge is 0.134 e. The molecule has 0 atom stereocenters. The number of hydrogen-bond donors (Lipinski definition) is 1. The molecule has 0 aliphatic carbocycles. The first-order valence-corrected chi connectivity index (χ1v) is 6.20. The molecule has 4 heteroatoms. The average molecular weight is 254 g/mol. The molecule has 4 nitrogen and oxygen atoms in total. The average Bonchev–Trinajstić information content (AvgIpc) is 2.82.